The molecular weight excluding hydrogens is 438 g/mol. The van der Waals surface area contributed by atoms with Crippen LogP contribution in [-0.4, -0.2) is 40.7 Å². The molecule has 0 atom stereocenters. The van der Waals surface area contributed by atoms with E-state index in [1.807, 2.05) is 48.7 Å². The van der Waals surface area contributed by atoms with E-state index in [2.05, 4.69) is 43.5 Å². The monoisotopic (exact) mass is 471 g/mol. The number of amides is 1. The summed E-state index contributed by atoms with van der Waals surface area (Å²) in [7, 11) is 1.63. The Morgan fingerprint density at radius 2 is 1.63 bits per heavy atom. The maximum absolute atomic E-state index is 12.3. The summed E-state index contributed by atoms with van der Waals surface area (Å²) in [5.74, 6) is 1.62. The number of rotatable bonds is 8. The van der Waals surface area contributed by atoms with Crippen molar-refractivity contribution in [1.29, 1.82) is 0 Å². The summed E-state index contributed by atoms with van der Waals surface area (Å²) in [5, 5.41) is 11.2. The summed E-state index contributed by atoms with van der Waals surface area (Å²) in [6, 6.07) is 13.9. The Morgan fingerprint density at radius 3 is 2.29 bits per heavy atom. The zero-order valence-electron chi connectivity index (χ0n) is 21.3. The molecule has 0 saturated carbocycles. The Labute approximate surface area is 206 Å². The fraction of sp³-hybridized carbons (Fsp3) is 0.321. The molecule has 0 saturated heterocycles. The second-order valence-electron chi connectivity index (χ2n) is 9.05. The van der Waals surface area contributed by atoms with E-state index in [1.165, 1.54) is 22.3 Å². The highest BCUT2D eigenvalue weighted by Gasteiger charge is 2.19. The first-order valence-electron chi connectivity index (χ1n) is 11.9. The number of carbonyl (C=O) groups excluding carboxylic acids is 1. The van der Waals surface area contributed by atoms with Gasteiger partial charge in [-0.25, -0.2) is 4.98 Å². The number of hydrogen-bond acceptors (Lipinski definition) is 5. The molecule has 0 radical (unpaired) electrons. The van der Waals surface area contributed by atoms with Gasteiger partial charge in [0.25, 0.3) is 0 Å². The second kappa shape index (κ2) is 10.2. The third kappa shape index (κ3) is 5.29. The fourth-order valence-corrected chi connectivity index (χ4v) is 4.62. The van der Waals surface area contributed by atoms with Gasteiger partial charge in [0.05, 0.1) is 24.8 Å². The standard InChI is InChI=1S/C28H33N5O2/c1-17-13-18(2)26(19(3)14-17)27-21(5)32-33-24(15-20(4)31-28(27)33)29-11-12-30-25(34)16-22-7-9-23(35-6)10-8-22/h7-10,13-15,29H,11-12,16H2,1-6H3,(H,30,34). The van der Waals surface area contributed by atoms with Crippen molar-refractivity contribution in [2.24, 2.45) is 0 Å². The lowest BCUT2D eigenvalue weighted by molar-refractivity contribution is -0.120. The number of carbonyl (C=O) groups is 1. The van der Waals surface area contributed by atoms with E-state index in [1.54, 1.807) is 7.11 Å². The molecule has 2 heterocycles. The number of aromatic nitrogens is 3. The van der Waals surface area contributed by atoms with Crippen LogP contribution in [0.2, 0.25) is 0 Å². The van der Waals surface area contributed by atoms with Crippen LogP contribution in [0.4, 0.5) is 5.82 Å². The molecule has 2 aromatic carbocycles. The molecule has 0 aliphatic heterocycles. The van der Waals surface area contributed by atoms with Gasteiger partial charge in [0, 0.05) is 24.8 Å². The van der Waals surface area contributed by atoms with Gasteiger partial charge in [0.2, 0.25) is 5.91 Å². The lowest BCUT2D eigenvalue weighted by atomic mass is 9.94. The summed E-state index contributed by atoms with van der Waals surface area (Å²) in [5.41, 5.74) is 9.58. The van der Waals surface area contributed by atoms with E-state index in [-0.39, 0.29) is 5.91 Å². The highest BCUT2D eigenvalue weighted by Crippen LogP contribution is 2.34. The summed E-state index contributed by atoms with van der Waals surface area (Å²) >= 11 is 0. The smallest absolute Gasteiger partial charge is 0.224 e. The van der Waals surface area contributed by atoms with E-state index in [4.69, 9.17) is 14.8 Å². The van der Waals surface area contributed by atoms with Crippen molar-refractivity contribution in [2.45, 2.75) is 41.0 Å². The van der Waals surface area contributed by atoms with Crippen LogP contribution in [-0.2, 0) is 11.2 Å². The van der Waals surface area contributed by atoms with Gasteiger partial charge >= 0.3 is 0 Å². The predicted molar refractivity (Wildman–Crippen MR) is 140 cm³/mol. The van der Waals surface area contributed by atoms with Gasteiger partial charge in [-0.3, -0.25) is 4.79 Å². The Balaban J connectivity index is 1.48. The SMILES string of the molecule is COc1ccc(CC(=O)NCCNc2cc(C)nc3c(-c4c(C)cc(C)cc4C)c(C)nn23)cc1. The van der Waals surface area contributed by atoms with Crippen LogP contribution in [0.25, 0.3) is 16.8 Å². The summed E-state index contributed by atoms with van der Waals surface area (Å²) in [6.07, 6.45) is 0.333. The molecule has 4 rings (SSSR count). The largest absolute Gasteiger partial charge is 0.497 e. The molecule has 2 N–H and O–H groups in total. The van der Waals surface area contributed by atoms with E-state index < -0.39 is 0 Å². The summed E-state index contributed by atoms with van der Waals surface area (Å²) in [6.45, 7) is 11.5. The van der Waals surface area contributed by atoms with Crippen LogP contribution < -0.4 is 15.4 Å². The molecule has 0 bridgehead atoms. The molecule has 0 spiro atoms. The van der Waals surface area contributed by atoms with E-state index >= 15 is 0 Å². The molecule has 0 unspecified atom stereocenters. The van der Waals surface area contributed by atoms with Crippen LogP contribution in [0.1, 0.15) is 33.6 Å². The topological polar surface area (TPSA) is 80.5 Å². The normalized spacial score (nSPS) is 11.0. The number of nitrogens with one attached hydrogen (secondary N) is 2. The quantitative estimate of drug-likeness (QED) is 0.364. The van der Waals surface area contributed by atoms with Crippen LogP contribution in [0.5, 0.6) is 5.75 Å². The third-order valence-corrected chi connectivity index (χ3v) is 6.10. The lowest BCUT2D eigenvalue weighted by Crippen LogP contribution is -2.30. The van der Waals surface area contributed by atoms with Crippen LogP contribution >= 0.6 is 0 Å². The molecule has 182 valence electrons. The Morgan fingerprint density at radius 1 is 0.943 bits per heavy atom. The lowest BCUT2D eigenvalue weighted by Gasteiger charge is -2.13. The molecule has 0 fully saturated rings. The molecule has 35 heavy (non-hydrogen) atoms. The van der Waals surface area contributed by atoms with Crippen molar-refractivity contribution >= 4 is 17.4 Å². The second-order valence-corrected chi connectivity index (χ2v) is 9.05. The van der Waals surface area contributed by atoms with Crippen molar-refractivity contribution in [1.82, 2.24) is 19.9 Å². The van der Waals surface area contributed by atoms with Gasteiger partial charge in [-0.1, -0.05) is 29.8 Å². The minimum absolute atomic E-state index is 0.0180. The number of benzene rings is 2. The minimum Gasteiger partial charge on any atom is -0.497 e. The first-order chi connectivity index (χ1) is 16.8. The summed E-state index contributed by atoms with van der Waals surface area (Å²) in [4.78, 5) is 17.2. The summed E-state index contributed by atoms with van der Waals surface area (Å²) < 4.78 is 7.03. The van der Waals surface area contributed by atoms with Crippen molar-refractivity contribution < 1.29 is 9.53 Å². The molecule has 4 aromatic rings. The Hall–Kier alpha value is -3.87. The maximum atomic E-state index is 12.3. The molecule has 7 nitrogen and oxygen atoms in total. The minimum atomic E-state index is -0.0180. The predicted octanol–water partition coefficient (Wildman–Crippen LogP) is 4.72. The van der Waals surface area contributed by atoms with E-state index in [9.17, 15) is 4.79 Å². The highest BCUT2D eigenvalue weighted by atomic mass is 16.5. The number of nitrogens with zero attached hydrogens (tertiary/aromatic N) is 3. The van der Waals surface area contributed by atoms with E-state index in [0.29, 0.717) is 19.5 Å². The third-order valence-electron chi connectivity index (χ3n) is 6.10. The van der Waals surface area contributed by atoms with Crippen molar-refractivity contribution in [2.75, 3.05) is 25.5 Å². The van der Waals surface area contributed by atoms with E-state index in [0.717, 1.165) is 39.7 Å². The Bertz CT molecular complexity index is 1350. The van der Waals surface area contributed by atoms with Crippen LogP contribution in [0, 0.1) is 34.6 Å². The first-order valence-corrected chi connectivity index (χ1v) is 11.9. The number of methoxy groups -OCH3 is 1. The van der Waals surface area contributed by atoms with Gasteiger partial charge in [-0.15, -0.1) is 0 Å². The van der Waals surface area contributed by atoms with Gasteiger partial charge in [0.1, 0.15) is 11.6 Å². The van der Waals surface area contributed by atoms with Crippen molar-refractivity contribution in [3.05, 3.63) is 76.1 Å². The van der Waals surface area contributed by atoms with Crippen LogP contribution in [0.15, 0.2) is 42.5 Å². The van der Waals surface area contributed by atoms with Crippen LogP contribution in [0.3, 0.4) is 0 Å². The number of hydrogen-bond donors (Lipinski definition) is 2. The van der Waals surface area contributed by atoms with Crippen molar-refractivity contribution in [3.8, 4) is 16.9 Å². The number of aryl methyl sites for hydroxylation is 5. The molecule has 2 aromatic heterocycles. The average Bonchev–Trinajstić information content (AvgIpc) is 3.12. The number of fused-ring (bicyclic) bond motifs is 1. The number of anilines is 1. The number of ether oxygens (including phenoxy) is 1. The first kappa shape index (κ1) is 24.3. The van der Waals surface area contributed by atoms with Gasteiger partial charge < -0.3 is 15.4 Å². The highest BCUT2D eigenvalue weighted by molar-refractivity contribution is 5.85. The maximum Gasteiger partial charge on any atom is 0.224 e. The Kier molecular flexibility index (Phi) is 7.05. The molecule has 7 heteroatoms. The van der Waals surface area contributed by atoms with Gasteiger partial charge in [-0.2, -0.15) is 9.61 Å². The van der Waals surface area contributed by atoms with Crippen molar-refractivity contribution in [3.63, 3.8) is 0 Å². The molecular formula is C28H33N5O2. The molecule has 0 aliphatic rings. The van der Waals surface area contributed by atoms with Gasteiger partial charge in [-0.05, 0) is 69.0 Å². The molecule has 0 aliphatic carbocycles. The van der Waals surface area contributed by atoms with Gasteiger partial charge in [0.15, 0.2) is 5.65 Å². The molecule has 1 amide bonds. The zero-order chi connectivity index (χ0) is 25.1. The fourth-order valence-electron chi connectivity index (χ4n) is 4.62. The zero-order valence-corrected chi connectivity index (χ0v) is 21.3. The average molecular weight is 472 g/mol.